The fourth-order valence-corrected chi connectivity index (χ4v) is 2.98. The molecule has 114 valence electrons. The Bertz CT molecular complexity index is 496. The number of piperidine rings is 1. The van der Waals surface area contributed by atoms with E-state index in [1.54, 1.807) is 0 Å². The van der Waals surface area contributed by atoms with Crippen molar-refractivity contribution in [2.75, 3.05) is 13.1 Å². The van der Waals surface area contributed by atoms with E-state index in [4.69, 9.17) is 5.26 Å². The molecule has 0 aromatic heterocycles. The molecule has 0 bridgehead atoms. The van der Waals surface area contributed by atoms with Gasteiger partial charge in [-0.05, 0) is 63.4 Å². The standard InChI is InChI=1S/C18H27N3/c1-14(2)21(13-18-6-4-5-9-20-18)12-17-8-7-16(11-19)10-15(17)3/h7-8,10,14,18,20H,4-6,9,12-13H2,1-3H3. The summed E-state index contributed by atoms with van der Waals surface area (Å²) < 4.78 is 0. The van der Waals surface area contributed by atoms with E-state index >= 15 is 0 Å². The molecule has 3 nitrogen and oxygen atoms in total. The Morgan fingerprint density at radius 2 is 2.19 bits per heavy atom. The number of aryl methyl sites for hydroxylation is 1. The van der Waals surface area contributed by atoms with Crippen LogP contribution in [-0.2, 0) is 6.54 Å². The highest BCUT2D eigenvalue weighted by Gasteiger charge is 2.19. The molecule has 1 N–H and O–H groups in total. The Hall–Kier alpha value is -1.37. The van der Waals surface area contributed by atoms with E-state index in [9.17, 15) is 0 Å². The summed E-state index contributed by atoms with van der Waals surface area (Å²) in [5, 5.41) is 12.6. The van der Waals surface area contributed by atoms with E-state index in [2.05, 4.69) is 43.1 Å². The van der Waals surface area contributed by atoms with Crippen LogP contribution in [0.4, 0.5) is 0 Å². The van der Waals surface area contributed by atoms with Gasteiger partial charge < -0.3 is 5.32 Å². The smallest absolute Gasteiger partial charge is 0.0991 e. The number of rotatable bonds is 5. The van der Waals surface area contributed by atoms with Crippen molar-refractivity contribution in [2.24, 2.45) is 0 Å². The summed E-state index contributed by atoms with van der Waals surface area (Å²) in [6, 6.07) is 9.40. The van der Waals surface area contributed by atoms with Gasteiger partial charge in [-0.15, -0.1) is 0 Å². The van der Waals surface area contributed by atoms with E-state index in [0.29, 0.717) is 12.1 Å². The Morgan fingerprint density at radius 3 is 2.76 bits per heavy atom. The Balaban J connectivity index is 2.03. The maximum absolute atomic E-state index is 8.97. The summed E-state index contributed by atoms with van der Waals surface area (Å²) in [6.45, 7) is 9.87. The summed E-state index contributed by atoms with van der Waals surface area (Å²) in [6.07, 6.45) is 3.95. The molecule has 0 radical (unpaired) electrons. The molecule has 0 aliphatic carbocycles. The van der Waals surface area contributed by atoms with Crippen LogP contribution in [0.25, 0.3) is 0 Å². The molecule has 1 aromatic rings. The number of hydrogen-bond donors (Lipinski definition) is 1. The van der Waals surface area contributed by atoms with Crippen molar-refractivity contribution in [1.82, 2.24) is 10.2 Å². The molecule has 3 heteroatoms. The van der Waals surface area contributed by atoms with E-state index in [1.807, 2.05) is 12.1 Å². The van der Waals surface area contributed by atoms with Gasteiger partial charge in [-0.3, -0.25) is 4.90 Å². The van der Waals surface area contributed by atoms with Crippen LogP contribution < -0.4 is 5.32 Å². The number of nitrogens with zero attached hydrogens (tertiary/aromatic N) is 2. The lowest BCUT2D eigenvalue weighted by Crippen LogP contribution is -2.45. The first-order valence-electron chi connectivity index (χ1n) is 8.07. The zero-order valence-electron chi connectivity index (χ0n) is 13.5. The minimum Gasteiger partial charge on any atom is -0.313 e. The van der Waals surface area contributed by atoms with Crippen LogP contribution in [0.2, 0.25) is 0 Å². The van der Waals surface area contributed by atoms with Gasteiger partial charge >= 0.3 is 0 Å². The predicted molar refractivity (Wildman–Crippen MR) is 87.1 cm³/mol. The second-order valence-corrected chi connectivity index (χ2v) is 6.42. The van der Waals surface area contributed by atoms with Crippen LogP contribution in [0.3, 0.4) is 0 Å². The molecule has 1 aliphatic heterocycles. The minimum atomic E-state index is 0.531. The van der Waals surface area contributed by atoms with Crippen molar-refractivity contribution in [2.45, 2.75) is 58.7 Å². The fraction of sp³-hybridized carbons (Fsp3) is 0.611. The van der Waals surface area contributed by atoms with Gasteiger partial charge in [0.1, 0.15) is 0 Å². The third-order valence-corrected chi connectivity index (χ3v) is 4.44. The van der Waals surface area contributed by atoms with E-state index in [1.165, 1.54) is 30.4 Å². The largest absolute Gasteiger partial charge is 0.313 e. The van der Waals surface area contributed by atoms with Crippen molar-refractivity contribution in [1.29, 1.82) is 5.26 Å². The first-order chi connectivity index (χ1) is 10.1. The molecular formula is C18H27N3. The van der Waals surface area contributed by atoms with Gasteiger partial charge in [0.15, 0.2) is 0 Å². The summed E-state index contributed by atoms with van der Waals surface area (Å²) in [7, 11) is 0. The molecule has 0 amide bonds. The summed E-state index contributed by atoms with van der Waals surface area (Å²) in [4.78, 5) is 2.54. The molecule has 1 aliphatic rings. The number of nitrogens with one attached hydrogen (secondary N) is 1. The Labute approximate surface area is 129 Å². The average Bonchev–Trinajstić information content (AvgIpc) is 2.49. The van der Waals surface area contributed by atoms with Gasteiger partial charge in [0.25, 0.3) is 0 Å². The Morgan fingerprint density at radius 1 is 1.38 bits per heavy atom. The molecule has 1 saturated heterocycles. The molecule has 1 atom stereocenters. The molecule has 0 saturated carbocycles. The van der Waals surface area contributed by atoms with Crippen LogP contribution in [-0.4, -0.2) is 30.1 Å². The Kier molecular flexibility index (Phi) is 5.78. The zero-order valence-corrected chi connectivity index (χ0v) is 13.5. The number of nitriles is 1. The third-order valence-electron chi connectivity index (χ3n) is 4.44. The first-order valence-corrected chi connectivity index (χ1v) is 8.07. The van der Waals surface area contributed by atoms with Gasteiger partial charge in [-0.2, -0.15) is 5.26 Å². The average molecular weight is 285 g/mol. The highest BCUT2D eigenvalue weighted by molar-refractivity contribution is 5.37. The maximum Gasteiger partial charge on any atom is 0.0991 e. The highest BCUT2D eigenvalue weighted by atomic mass is 15.2. The van der Waals surface area contributed by atoms with Gasteiger partial charge in [0, 0.05) is 25.2 Å². The second-order valence-electron chi connectivity index (χ2n) is 6.42. The zero-order chi connectivity index (χ0) is 15.2. The van der Waals surface area contributed by atoms with Crippen LogP contribution in [0.15, 0.2) is 18.2 Å². The van der Waals surface area contributed by atoms with Crippen molar-refractivity contribution in [3.63, 3.8) is 0 Å². The van der Waals surface area contributed by atoms with E-state index in [-0.39, 0.29) is 0 Å². The molecule has 2 rings (SSSR count). The van der Waals surface area contributed by atoms with Gasteiger partial charge in [-0.1, -0.05) is 12.5 Å². The second kappa shape index (κ2) is 7.59. The molecule has 1 unspecified atom stereocenters. The quantitative estimate of drug-likeness (QED) is 0.903. The predicted octanol–water partition coefficient (Wildman–Crippen LogP) is 3.22. The monoisotopic (exact) mass is 285 g/mol. The van der Waals surface area contributed by atoms with Crippen molar-refractivity contribution in [3.8, 4) is 6.07 Å². The van der Waals surface area contributed by atoms with Gasteiger partial charge in [0.2, 0.25) is 0 Å². The normalized spacial score (nSPS) is 19.0. The number of benzene rings is 1. The molecule has 1 aromatic carbocycles. The summed E-state index contributed by atoms with van der Waals surface area (Å²) in [5.74, 6) is 0. The fourth-order valence-electron chi connectivity index (χ4n) is 2.98. The molecule has 1 heterocycles. The SMILES string of the molecule is Cc1cc(C#N)ccc1CN(CC1CCCCN1)C(C)C. The van der Waals surface area contributed by atoms with Crippen LogP contribution in [0, 0.1) is 18.3 Å². The van der Waals surface area contributed by atoms with Crippen molar-refractivity contribution >= 4 is 0 Å². The third kappa shape index (κ3) is 4.56. The summed E-state index contributed by atoms with van der Waals surface area (Å²) in [5.41, 5.74) is 3.30. The van der Waals surface area contributed by atoms with E-state index < -0.39 is 0 Å². The lowest BCUT2D eigenvalue weighted by Gasteiger charge is -2.33. The maximum atomic E-state index is 8.97. The van der Waals surface area contributed by atoms with Crippen LogP contribution in [0.1, 0.15) is 49.8 Å². The van der Waals surface area contributed by atoms with Crippen LogP contribution >= 0.6 is 0 Å². The molecule has 0 spiro atoms. The first kappa shape index (κ1) is 16.0. The van der Waals surface area contributed by atoms with Crippen molar-refractivity contribution in [3.05, 3.63) is 34.9 Å². The lowest BCUT2D eigenvalue weighted by atomic mass is 10.0. The van der Waals surface area contributed by atoms with Gasteiger partial charge in [-0.25, -0.2) is 0 Å². The summed E-state index contributed by atoms with van der Waals surface area (Å²) >= 11 is 0. The number of hydrogen-bond acceptors (Lipinski definition) is 3. The van der Waals surface area contributed by atoms with Crippen molar-refractivity contribution < 1.29 is 0 Å². The van der Waals surface area contributed by atoms with E-state index in [0.717, 1.165) is 25.2 Å². The molecular weight excluding hydrogens is 258 g/mol. The topological polar surface area (TPSA) is 39.1 Å². The van der Waals surface area contributed by atoms with Crippen LogP contribution in [0.5, 0.6) is 0 Å². The highest BCUT2D eigenvalue weighted by Crippen LogP contribution is 2.17. The molecule has 21 heavy (non-hydrogen) atoms. The molecule has 1 fully saturated rings. The van der Waals surface area contributed by atoms with Gasteiger partial charge in [0.05, 0.1) is 11.6 Å². The lowest BCUT2D eigenvalue weighted by molar-refractivity contribution is 0.177. The minimum absolute atomic E-state index is 0.531.